The van der Waals surface area contributed by atoms with E-state index in [4.69, 9.17) is 4.74 Å². The van der Waals surface area contributed by atoms with E-state index in [1.165, 1.54) is 56.6 Å². The lowest BCUT2D eigenvalue weighted by atomic mass is 9.93. The van der Waals surface area contributed by atoms with Gasteiger partial charge in [-0.3, -0.25) is 0 Å². The molecule has 0 aliphatic heterocycles. The molecule has 1 unspecified atom stereocenters. The predicted octanol–water partition coefficient (Wildman–Crippen LogP) is 10.1. The average molecular weight is 503 g/mol. The summed E-state index contributed by atoms with van der Waals surface area (Å²) in [4.78, 5) is 12.5. The number of benzene rings is 3. The quantitative estimate of drug-likeness (QED) is 0.117. The Bertz CT molecular complexity index is 1080. The number of carbonyl (C=O) groups excluding carboxylic acids is 1. The highest BCUT2D eigenvalue weighted by molar-refractivity contribution is 5.84. The maximum absolute atomic E-state index is 15.0. The van der Waals surface area contributed by atoms with Crippen LogP contribution >= 0.6 is 0 Å². The van der Waals surface area contributed by atoms with Crippen LogP contribution in [0, 0.1) is 0 Å². The van der Waals surface area contributed by atoms with Crippen molar-refractivity contribution in [3.8, 4) is 28.0 Å². The van der Waals surface area contributed by atoms with E-state index >= 15 is 4.39 Å². The van der Waals surface area contributed by atoms with Gasteiger partial charge in [-0.25, -0.2) is 9.18 Å². The highest BCUT2D eigenvalue weighted by atomic mass is 19.1. The Hall–Kier alpha value is -2.94. The zero-order valence-corrected chi connectivity index (χ0v) is 22.9. The molecule has 0 amide bonds. The minimum Gasteiger partial charge on any atom is -0.424 e. The second-order valence-corrected chi connectivity index (χ2v) is 10.3. The molecular formula is C34H43FO2. The topological polar surface area (TPSA) is 26.3 Å². The molecule has 3 aromatic carbocycles. The van der Waals surface area contributed by atoms with Crippen LogP contribution in [-0.2, 0) is 11.2 Å². The van der Waals surface area contributed by atoms with Gasteiger partial charge in [0.15, 0.2) is 0 Å². The lowest BCUT2D eigenvalue weighted by molar-refractivity contribution is -0.147. The fourth-order valence-electron chi connectivity index (χ4n) is 4.65. The number of carbonyl (C=O) groups is 1. The van der Waals surface area contributed by atoms with E-state index in [1.54, 1.807) is 12.1 Å². The molecule has 0 spiro atoms. The Morgan fingerprint density at radius 2 is 1.22 bits per heavy atom. The molecule has 0 radical (unpaired) electrons. The van der Waals surface area contributed by atoms with E-state index in [1.807, 2.05) is 24.3 Å². The summed E-state index contributed by atoms with van der Waals surface area (Å²) in [5, 5.41) is 0. The molecule has 2 nitrogen and oxygen atoms in total. The van der Waals surface area contributed by atoms with Crippen molar-refractivity contribution in [1.29, 1.82) is 0 Å². The number of halogens is 1. The van der Waals surface area contributed by atoms with Gasteiger partial charge in [-0.05, 0) is 72.6 Å². The maximum Gasteiger partial charge on any atom is 0.348 e. The summed E-state index contributed by atoms with van der Waals surface area (Å²) in [6.07, 6.45) is 11.3. The van der Waals surface area contributed by atoms with Crippen LogP contribution in [0.3, 0.4) is 0 Å². The van der Waals surface area contributed by atoms with Gasteiger partial charge in [-0.15, -0.1) is 0 Å². The molecular weight excluding hydrogens is 459 g/mol. The van der Waals surface area contributed by atoms with Crippen molar-refractivity contribution in [1.82, 2.24) is 0 Å². The summed E-state index contributed by atoms with van der Waals surface area (Å²) in [5.41, 5.74) is 3.84. The largest absolute Gasteiger partial charge is 0.424 e. The molecule has 0 aliphatic carbocycles. The monoisotopic (exact) mass is 502 g/mol. The second-order valence-electron chi connectivity index (χ2n) is 10.3. The number of hydrogen-bond acceptors (Lipinski definition) is 2. The number of hydrogen-bond donors (Lipinski definition) is 0. The van der Waals surface area contributed by atoms with Gasteiger partial charge in [-0.2, -0.15) is 0 Å². The summed E-state index contributed by atoms with van der Waals surface area (Å²) in [5.74, 6) is -0.440. The average Bonchev–Trinajstić information content (AvgIpc) is 2.92. The van der Waals surface area contributed by atoms with E-state index in [9.17, 15) is 4.79 Å². The van der Waals surface area contributed by atoms with Crippen molar-refractivity contribution >= 4 is 5.97 Å². The van der Waals surface area contributed by atoms with Crippen molar-refractivity contribution < 1.29 is 13.9 Å². The fourth-order valence-corrected chi connectivity index (χ4v) is 4.65. The number of unbranched alkanes of at least 4 members (excludes halogenated alkanes) is 7. The third-order valence-electron chi connectivity index (χ3n) is 7.06. The van der Waals surface area contributed by atoms with Crippen LogP contribution in [0.2, 0.25) is 0 Å². The lowest BCUT2D eigenvalue weighted by Crippen LogP contribution is -2.34. The molecule has 37 heavy (non-hydrogen) atoms. The molecule has 1 atom stereocenters. The summed E-state index contributed by atoms with van der Waals surface area (Å²) in [7, 11) is 0. The van der Waals surface area contributed by atoms with Crippen molar-refractivity contribution in [3.63, 3.8) is 0 Å². The van der Waals surface area contributed by atoms with Crippen LogP contribution in [0.15, 0.2) is 72.8 Å². The first-order chi connectivity index (χ1) is 17.9. The summed E-state index contributed by atoms with van der Waals surface area (Å²) in [6, 6.07) is 24.5. The Labute approximate surface area is 223 Å². The smallest absolute Gasteiger partial charge is 0.348 e. The maximum atomic E-state index is 15.0. The molecule has 0 aromatic heterocycles. The molecule has 0 bridgehead atoms. The first-order valence-corrected chi connectivity index (χ1v) is 14.1. The van der Waals surface area contributed by atoms with E-state index in [0.717, 1.165) is 36.0 Å². The third-order valence-corrected chi connectivity index (χ3v) is 7.06. The van der Waals surface area contributed by atoms with E-state index in [0.29, 0.717) is 12.2 Å². The molecule has 0 aliphatic rings. The SMILES string of the molecule is CCCCCCCCCC(C)(F)C(=O)Oc1ccc(-c2ccccc2-c2ccc(CCCC)cc2)cc1. The van der Waals surface area contributed by atoms with E-state index < -0.39 is 11.6 Å². The van der Waals surface area contributed by atoms with Crippen LogP contribution < -0.4 is 4.74 Å². The van der Waals surface area contributed by atoms with Gasteiger partial charge in [0.1, 0.15) is 5.75 Å². The van der Waals surface area contributed by atoms with Gasteiger partial charge >= 0.3 is 5.97 Å². The Morgan fingerprint density at radius 3 is 1.78 bits per heavy atom. The van der Waals surface area contributed by atoms with Gasteiger partial charge in [0.2, 0.25) is 5.67 Å². The molecule has 0 saturated carbocycles. The van der Waals surface area contributed by atoms with Gasteiger partial charge in [0, 0.05) is 0 Å². The fraction of sp³-hybridized carbons (Fsp3) is 0.441. The molecule has 3 heteroatoms. The highest BCUT2D eigenvalue weighted by Crippen LogP contribution is 2.33. The molecule has 0 N–H and O–H groups in total. The highest BCUT2D eigenvalue weighted by Gasteiger charge is 2.34. The Balaban J connectivity index is 1.60. The number of aryl methyl sites for hydroxylation is 1. The van der Waals surface area contributed by atoms with Crippen LogP contribution in [0.4, 0.5) is 4.39 Å². The molecule has 0 saturated heterocycles. The van der Waals surface area contributed by atoms with Gasteiger partial charge in [0.05, 0.1) is 0 Å². The van der Waals surface area contributed by atoms with E-state index in [-0.39, 0.29) is 6.42 Å². The molecule has 3 rings (SSSR count). The van der Waals surface area contributed by atoms with Gasteiger partial charge in [-0.1, -0.05) is 119 Å². The van der Waals surface area contributed by atoms with Gasteiger partial charge in [0.25, 0.3) is 0 Å². The first-order valence-electron chi connectivity index (χ1n) is 14.1. The minimum absolute atomic E-state index is 0.197. The van der Waals surface area contributed by atoms with Crippen LogP contribution in [-0.4, -0.2) is 11.6 Å². The number of ether oxygens (including phenoxy) is 1. The number of rotatable bonds is 15. The van der Waals surface area contributed by atoms with Crippen molar-refractivity contribution in [2.75, 3.05) is 0 Å². The van der Waals surface area contributed by atoms with Crippen molar-refractivity contribution in [2.24, 2.45) is 0 Å². The third kappa shape index (κ3) is 8.84. The first kappa shape index (κ1) is 28.6. The number of alkyl halides is 1. The van der Waals surface area contributed by atoms with E-state index in [2.05, 4.69) is 50.2 Å². The van der Waals surface area contributed by atoms with Crippen LogP contribution in [0.1, 0.15) is 90.5 Å². The van der Waals surface area contributed by atoms with Crippen LogP contribution in [0.5, 0.6) is 5.75 Å². The lowest BCUT2D eigenvalue weighted by Gasteiger charge is -2.18. The van der Waals surface area contributed by atoms with Crippen molar-refractivity contribution in [3.05, 3.63) is 78.4 Å². The zero-order chi connectivity index (χ0) is 26.5. The molecule has 198 valence electrons. The van der Waals surface area contributed by atoms with Crippen LogP contribution in [0.25, 0.3) is 22.3 Å². The standard InChI is InChI=1S/C34H43FO2/c1-4-6-8-9-10-11-14-26-34(3,35)33(36)37-30-24-22-29(23-25-30)32-17-13-12-16-31(32)28-20-18-27(19-21-28)15-7-5-2/h12-13,16-25H,4-11,14-15,26H2,1-3H3. The Morgan fingerprint density at radius 1 is 0.703 bits per heavy atom. The number of esters is 1. The second kappa shape index (κ2) is 14.7. The molecule has 0 heterocycles. The minimum atomic E-state index is -1.97. The Kier molecular flexibility index (Phi) is 11.4. The zero-order valence-electron chi connectivity index (χ0n) is 22.9. The summed E-state index contributed by atoms with van der Waals surface area (Å²) < 4.78 is 20.4. The predicted molar refractivity (Wildman–Crippen MR) is 154 cm³/mol. The molecule has 3 aromatic rings. The van der Waals surface area contributed by atoms with Gasteiger partial charge < -0.3 is 4.74 Å². The summed E-state index contributed by atoms with van der Waals surface area (Å²) >= 11 is 0. The summed E-state index contributed by atoms with van der Waals surface area (Å²) in [6.45, 7) is 5.75. The molecule has 0 fully saturated rings. The normalized spacial score (nSPS) is 12.8. The van der Waals surface area contributed by atoms with Crippen molar-refractivity contribution in [2.45, 2.75) is 97.1 Å².